The molecule has 32 heavy (non-hydrogen) atoms. The molecule has 1 aliphatic rings. The van der Waals surface area contributed by atoms with Crippen LogP contribution in [-0.4, -0.2) is 62.1 Å². The summed E-state index contributed by atoms with van der Waals surface area (Å²) in [5.41, 5.74) is 7.11. The van der Waals surface area contributed by atoms with Gasteiger partial charge in [0.2, 0.25) is 11.8 Å². The lowest BCUT2D eigenvalue weighted by Gasteiger charge is -2.26. The molecule has 2 aromatic carbocycles. The summed E-state index contributed by atoms with van der Waals surface area (Å²) in [7, 11) is 0. The molecule has 0 bridgehead atoms. The molecule has 1 saturated heterocycles. The molecule has 0 aliphatic carbocycles. The number of ether oxygens (including phenoxy) is 2. The molecule has 170 valence electrons. The first-order chi connectivity index (χ1) is 15.5. The summed E-state index contributed by atoms with van der Waals surface area (Å²) in [6.45, 7) is 3.98. The average molecular weight is 441 g/mol. The number of nitrogens with two attached hydrogens (primary N) is 1. The van der Waals surface area contributed by atoms with Crippen LogP contribution in [-0.2, 0) is 20.9 Å². The van der Waals surface area contributed by atoms with Crippen molar-refractivity contribution in [3.63, 3.8) is 0 Å². The molecule has 0 radical (unpaired) electrons. The van der Waals surface area contributed by atoms with Crippen molar-refractivity contribution in [2.45, 2.75) is 13.0 Å². The summed E-state index contributed by atoms with van der Waals surface area (Å²) in [4.78, 5) is 37.6. The highest BCUT2D eigenvalue weighted by Gasteiger charge is 2.12. The first kappa shape index (κ1) is 23.2. The van der Waals surface area contributed by atoms with Crippen molar-refractivity contribution < 1.29 is 23.9 Å². The average Bonchev–Trinajstić information content (AvgIpc) is 2.81. The molecule has 1 heterocycles. The number of benzene rings is 2. The summed E-state index contributed by atoms with van der Waals surface area (Å²) in [6, 6.07) is 13.6. The van der Waals surface area contributed by atoms with Gasteiger partial charge in [0.15, 0.2) is 6.61 Å². The Morgan fingerprint density at radius 2 is 1.78 bits per heavy atom. The van der Waals surface area contributed by atoms with Crippen molar-refractivity contribution in [2.24, 2.45) is 5.73 Å². The third-order valence-corrected chi connectivity index (χ3v) is 4.97. The molecule has 1 aliphatic heterocycles. The Balaban J connectivity index is 1.39. The Kier molecular flexibility index (Phi) is 8.59. The van der Waals surface area contributed by atoms with Crippen LogP contribution < -0.4 is 21.1 Å². The highest BCUT2D eigenvalue weighted by atomic mass is 16.5. The Morgan fingerprint density at radius 3 is 2.50 bits per heavy atom. The lowest BCUT2D eigenvalue weighted by Crippen LogP contribution is -2.38. The standard InChI is InChI=1S/C23H28N4O5/c24-23(30)18-4-6-20(7-5-18)32-16-22(29)25-15-17-2-1-3-19(14-17)26-21(28)8-9-27-10-12-31-13-11-27/h1-7,14H,8-13,15-16H2,(H2,24,30)(H,25,29)(H,26,28). The van der Waals surface area contributed by atoms with Crippen LogP contribution in [0, 0.1) is 0 Å². The SMILES string of the molecule is NC(=O)c1ccc(OCC(=O)NCc2cccc(NC(=O)CCN3CCOCC3)c2)cc1. The molecule has 2 aromatic rings. The van der Waals surface area contributed by atoms with Crippen molar-refractivity contribution >= 4 is 23.4 Å². The summed E-state index contributed by atoms with van der Waals surface area (Å²) >= 11 is 0. The molecule has 4 N–H and O–H groups in total. The van der Waals surface area contributed by atoms with E-state index in [1.807, 2.05) is 24.3 Å². The maximum Gasteiger partial charge on any atom is 0.258 e. The van der Waals surface area contributed by atoms with Crippen LogP contribution in [0.4, 0.5) is 5.69 Å². The zero-order valence-corrected chi connectivity index (χ0v) is 17.8. The fraction of sp³-hybridized carbons (Fsp3) is 0.348. The molecule has 0 saturated carbocycles. The zero-order chi connectivity index (χ0) is 22.8. The zero-order valence-electron chi connectivity index (χ0n) is 17.8. The van der Waals surface area contributed by atoms with Crippen LogP contribution in [0.3, 0.4) is 0 Å². The van der Waals surface area contributed by atoms with Gasteiger partial charge in [0.1, 0.15) is 5.75 Å². The van der Waals surface area contributed by atoms with Crippen molar-refractivity contribution in [3.05, 3.63) is 59.7 Å². The first-order valence-corrected chi connectivity index (χ1v) is 10.5. The van der Waals surface area contributed by atoms with E-state index in [1.54, 1.807) is 12.1 Å². The van der Waals surface area contributed by atoms with E-state index in [0.29, 0.717) is 49.7 Å². The van der Waals surface area contributed by atoms with E-state index < -0.39 is 5.91 Å². The molecule has 9 heteroatoms. The third-order valence-electron chi connectivity index (χ3n) is 4.97. The van der Waals surface area contributed by atoms with Crippen LogP contribution in [0.2, 0.25) is 0 Å². The quantitative estimate of drug-likeness (QED) is 0.509. The van der Waals surface area contributed by atoms with Gasteiger partial charge in [-0.05, 0) is 42.0 Å². The summed E-state index contributed by atoms with van der Waals surface area (Å²) < 4.78 is 10.7. The summed E-state index contributed by atoms with van der Waals surface area (Å²) in [5.74, 6) is -0.394. The van der Waals surface area contributed by atoms with Crippen LogP contribution >= 0.6 is 0 Å². The second-order valence-electron chi connectivity index (χ2n) is 7.41. The van der Waals surface area contributed by atoms with E-state index in [4.69, 9.17) is 15.2 Å². The fourth-order valence-corrected chi connectivity index (χ4v) is 3.18. The van der Waals surface area contributed by atoms with Gasteiger partial charge >= 0.3 is 0 Å². The van der Waals surface area contributed by atoms with Gasteiger partial charge in [-0.25, -0.2) is 0 Å². The van der Waals surface area contributed by atoms with Gasteiger partial charge in [0.05, 0.1) is 13.2 Å². The van der Waals surface area contributed by atoms with Gasteiger partial charge in [-0.3, -0.25) is 19.3 Å². The minimum atomic E-state index is -0.523. The van der Waals surface area contributed by atoms with Gasteiger partial charge < -0.3 is 25.8 Å². The van der Waals surface area contributed by atoms with Gasteiger partial charge in [-0.15, -0.1) is 0 Å². The number of morpholine rings is 1. The molecule has 0 atom stereocenters. The van der Waals surface area contributed by atoms with E-state index in [9.17, 15) is 14.4 Å². The normalized spacial score (nSPS) is 13.9. The topological polar surface area (TPSA) is 123 Å². The molecule has 0 aromatic heterocycles. The van der Waals surface area contributed by atoms with Crippen molar-refractivity contribution in [1.82, 2.24) is 10.2 Å². The molecular weight excluding hydrogens is 412 g/mol. The number of amides is 3. The van der Waals surface area contributed by atoms with Crippen LogP contribution in [0.15, 0.2) is 48.5 Å². The third kappa shape index (κ3) is 7.68. The minimum Gasteiger partial charge on any atom is -0.484 e. The van der Waals surface area contributed by atoms with E-state index in [1.165, 1.54) is 12.1 Å². The van der Waals surface area contributed by atoms with E-state index in [-0.39, 0.29) is 18.4 Å². The second-order valence-corrected chi connectivity index (χ2v) is 7.41. The second kappa shape index (κ2) is 11.8. The number of nitrogens with one attached hydrogen (secondary N) is 2. The molecule has 9 nitrogen and oxygen atoms in total. The summed E-state index contributed by atoms with van der Waals surface area (Å²) in [5, 5.41) is 5.68. The Labute approximate surface area is 186 Å². The van der Waals surface area contributed by atoms with Crippen LogP contribution in [0.25, 0.3) is 0 Å². The Morgan fingerprint density at radius 1 is 1.03 bits per heavy atom. The maximum atomic E-state index is 12.2. The number of carbonyl (C=O) groups excluding carboxylic acids is 3. The predicted molar refractivity (Wildman–Crippen MR) is 119 cm³/mol. The van der Waals surface area contributed by atoms with E-state index >= 15 is 0 Å². The maximum absolute atomic E-state index is 12.2. The number of anilines is 1. The number of carbonyl (C=O) groups is 3. The molecule has 1 fully saturated rings. The lowest BCUT2D eigenvalue weighted by atomic mass is 10.2. The van der Waals surface area contributed by atoms with Crippen LogP contribution in [0.1, 0.15) is 22.3 Å². The van der Waals surface area contributed by atoms with E-state index in [2.05, 4.69) is 15.5 Å². The van der Waals surface area contributed by atoms with Crippen LogP contribution in [0.5, 0.6) is 5.75 Å². The number of hydrogen-bond donors (Lipinski definition) is 3. The largest absolute Gasteiger partial charge is 0.484 e. The lowest BCUT2D eigenvalue weighted by molar-refractivity contribution is -0.123. The molecule has 3 rings (SSSR count). The first-order valence-electron chi connectivity index (χ1n) is 10.5. The van der Waals surface area contributed by atoms with Gasteiger partial charge in [0.25, 0.3) is 5.91 Å². The highest BCUT2D eigenvalue weighted by Crippen LogP contribution is 2.13. The number of nitrogens with zero attached hydrogens (tertiary/aromatic N) is 1. The van der Waals surface area contributed by atoms with Crippen molar-refractivity contribution in [2.75, 3.05) is 44.8 Å². The minimum absolute atomic E-state index is 0.0477. The van der Waals surface area contributed by atoms with Gasteiger partial charge in [-0.1, -0.05) is 12.1 Å². The molecule has 0 unspecified atom stereocenters. The summed E-state index contributed by atoms with van der Waals surface area (Å²) in [6.07, 6.45) is 0.415. The molecule has 0 spiro atoms. The van der Waals surface area contributed by atoms with Gasteiger partial charge in [-0.2, -0.15) is 0 Å². The van der Waals surface area contributed by atoms with Crippen molar-refractivity contribution in [1.29, 1.82) is 0 Å². The number of primary amides is 1. The number of hydrogen-bond acceptors (Lipinski definition) is 6. The predicted octanol–water partition coefficient (Wildman–Crippen LogP) is 1.14. The fourth-order valence-electron chi connectivity index (χ4n) is 3.18. The molecular formula is C23H28N4O5. The van der Waals surface area contributed by atoms with E-state index in [0.717, 1.165) is 18.7 Å². The number of rotatable bonds is 10. The smallest absolute Gasteiger partial charge is 0.258 e. The van der Waals surface area contributed by atoms with Gasteiger partial charge in [0, 0.05) is 43.9 Å². The molecule has 3 amide bonds. The highest BCUT2D eigenvalue weighted by molar-refractivity contribution is 5.93. The van der Waals surface area contributed by atoms with Crippen molar-refractivity contribution in [3.8, 4) is 5.75 Å². The Bertz CT molecular complexity index is 926. The monoisotopic (exact) mass is 440 g/mol. The Hall–Kier alpha value is -3.43.